The molecule has 0 unspecified atom stereocenters. The van der Waals surface area contributed by atoms with Crippen LogP contribution < -0.4 is 14.5 Å². The van der Waals surface area contributed by atoms with E-state index < -0.39 is 0 Å². The van der Waals surface area contributed by atoms with Crippen LogP contribution in [0.4, 0.5) is 11.4 Å². The van der Waals surface area contributed by atoms with E-state index in [2.05, 4.69) is 30.0 Å². The molecule has 0 bridgehead atoms. The fraction of sp³-hybridized carbons (Fsp3) is 0.143. The molecule has 1 amide bonds. The molecule has 1 fully saturated rings. The predicted molar refractivity (Wildman–Crippen MR) is 116 cm³/mol. The highest BCUT2D eigenvalue weighted by Crippen LogP contribution is 2.41. The van der Waals surface area contributed by atoms with E-state index >= 15 is 0 Å². The lowest BCUT2D eigenvalue weighted by Crippen LogP contribution is -2.30. The molecule has 2 aliphatic rings. The second-order valence-electron chi connectivity index (χ2n) is 6.06. The highest BCUT2D eigenvalue weighted by atomic mass is 32.2. The quantitative estimate of drug-likeness (QED) is 0.550. The number of thiocarbonyl (C=S) groups is 1. The molecule has 2 heterocycles. The summed E-state index contributed by atoms with van der Waals surface area (Å²) in [5.74, 6) is 0.652. The van der Waals surface area contributed by atoms with Crippen molar-refractivity contribution in [3.8, 4) is 5.75 Å². The van der Waals surface area contributed by atoms with E-state index in [-0.39, 0.29) is 5.91 Å². The Bertz CT molecular complexity index is 980. The third-order valence-electron chi connectivity index (χ3n) is 4.59. The summed E-state index contributed by atoms with van der Waals surface area (Å²) in [6, 6.07) is 15.5. The molecule has 0 radical (unpaired) electrons. The van der Waals surface area contributed by atoms with Gasteiger partial charge in [0.1, 0.15) is 10.7 Å². The molecule has 6 heteroatoms. The number of anilines is 2. The maximum absolute atomic E-state index is 13.2. The van der Waals surface area contributed by atoms with E-state index in [9.17, 15) is 4.79 Å². The molecule has 4 rings (SSSR count). The first-order chi connectivity index (χ1) is 13.1. The van der Waals surface area contributed by atoms with Crippen molar-refractivity contribution in [3.63, 3.8) is 0 Å². The van der Waals surface area contributed by atoms with Crippen molar-refractivity contribution in [2.24, 2.45) is 0 Å². The molecule has 2 aromatic rings. The van der Waals surface area contributed by atoms with E-state index in [1.807, 2.05) is 42.5 Å². The maximum Gasteiger partial charge on any atom is 0.272 e. The highest BCUT2D eigenvalue weighted by Gasteiger charge is 2.37. The Morgan fingerprint density at radius 1 is 1.07 bits per heavy atom. The van der Waals surface area contributed by atoms with Crippen LogP contribution in [0.25, 0.3) is 6.08 Å². The van der Waals surface area contributed by atoms with Gasteiger partial charge < -0.3 is 9.64 Å². The molecule has 0 saturated carbocycles. The van der Waals surface area contributed by atoms with Crippen LogP contribution in [0.2, 0.25) is 0 Å². The number of thioether (sulfide) groups is 1. The first-order valence-electron chi connectivity index (χ1n) is 8.63. The molecule has 0 N–H and O–H groups in total. The molecule has 0 spiro atoms. The summed E-state index contributed by atoms with van der Waals surface area (Å²) in [6.07, 6.45) is 4.06. The Balaban J connectivity index is 1.74. The number of carbonyl (C=O) groups is 1. The smallest absolute Gasteiger partial charge is 0.272 e. The van der Waals surface area contributed by atoms with Crippen molar-refractivity contribution in [2.45, 2.75) is 6.92 Å². The summed E-state index contributed by atoms with van der Waals surface area (Å²) in [7, 11) is 1.62. The van der Waals surface area contributed by atoms with Crippen LogP contribution in [0.1, 0.15) is 12.5 Å². The largest absolute Gasteiger partial charge is 0.497 e. The third-order valence-corrected chi connectivity index (χ3v) is 5.97. The minimum absolute atomic E-state index is 0.0901. The third kappa shape index (κ3) is 3.05. The van der Waals surface area contributed by atoms with Gasteiger partial charge in [-0.1, -0.05) is 48.3 Å². The number of allylic oxidation sites excluding steroid dienone is 1. The average molecular weight is 395 g/mol. The normalized spacial score (nSPS) is 18.9. The Kier molecular flexibility index (Phi) is 4.76. The van der Waals surface area contributed by atoms with Gasteiger partial charge in [-0.3, -0.25) is 9.69 Å². The number of likely N-dealkylation sites (N-methyl/N-ethyl adjacent to an activating group) is 1. The van der Waals surface area contributed by atoms with Crippen LogP contribution in [0.5, 0.6) is 5.75 Å². The molecule has 136 valence electrons. The lowest BCUT2D eigenvalue weighted by molar-refractivity contribution is -0.113. The highest BCUT2D eigenvalue weighted by molar-refractivity contribution is 8.27. The average Bonchev–Trinajstić information content (AvgIpc) is 3.01. The molecular formula is C21H18N2O2S2. The van der Waals surface area contributed by atoms with Crippen molar-refractivity contribution in [3.05, 3.63) is 70.8 Å². The van der Waals surface area contributed by atoms with E-state index in [0.29, 0.717) is 9.23 Å². The second-order valence-corrected chi connectivity index (χ2v) is 7.70. The van der Waals surface area contributed by atoms with Gasteiger partial charge in [0.15, 0.2) is 4.32 Å². The Morgan fingerprint density at radius 3 is 2.52 bits per heavy atom. The molecule has 2 aromatic carbocycles. The zero-order valence-electron chi connectivity index (χ0n) is 15.0. The standard InChI is InChI=1S/C21H18N2O2S2/c1-3-22-17-7-5-4-6-14(17)8-13-18(22)19-20(24)23(21(26)27-19)15-9-11-16(25-2)12-10-15/h4-13H,3H2,1-2H3. The number of amides is 1. The van der Waals surface area contributed by atoms with Crippen molar-refractivity contribution in [1.29, 1.82) is 0 Å². The van der Waals surface area contributed by atoms with Gasteiger partial charge in [-0.25, -0.2) is 0 Å². The van der Waals surface area contributed by atoms with Gasteiger partial charge in [-0.15, -0.1) is 0 Å². The van der Waals surface area contributed by atoms with E-state index in [1.54, 1.807) is 12.0 Å². The van der Waals surface area contributed by atoms with Gasteiger partial charge in [0.25, 0.3) is 5.91 Å². The van der Waals surface area contributed by atoms with Gasteiger partial charge >= 0.3 is 0 Å². The van der Waals surface area contributed by atoms with E-state index in [1.165, 1.54) is 11.8 Å². The van der Waals surface area contributed by atoms with Crippen LogP contribution in [0.15, 0.2) is 65.2 Å². The molecule has 0 aromatic heterocycles. The number of fused-ring (bicyclic) bond motifs is 1. The number of rotatable bonds is 3. The monoisotopic (exact) mass is 394 g/mol. The van der Waals surface area contributed by atoms with Crippen LogP contribution in [-0.2, 0) is 4.79 Å². The lowest BCUT2D eigenvalue weighted by atomic mass is 10.1. The minimum atomic E-state index is -0.0901. The van der Waals surface area contributed by atoms with Gasteiger partial charge in [-0.2, -0.15) is 0 Å². The Hall–Kier alpha value is -2.57. The molecule has 4 nitrogen and oxygen atoms in total. The predicted octanol–water partition coefficient (Wildman–Crippen LogP) is 4.82. The fourth-order valence-electron chi connectivity index (χ4n) is 3.28. The molecule has 0 atom stereocenters. The molecule has 1 saturated heterocycles. The fourth-order valence-corrected chi connectivity index (χ4v) is 4.63. The topological polar surface area (TPSA) is 32.8 Å². The van der Waals surface area contributed by atoms with Crippen molar-refractivity contribution in [1.82, 2.24) is 0 Å². The Morgan fingerprint density at radius 2 is 1.81 bits per heavy atom. The molecule has 0 aliphatic carbocycles. The summed E-state index contributed by atoms with van der Waals surface area (Å²) in [4.78, 5) is 17.6. The van der Waals surface area contributed by atoms with E-state index in [0.717, 1.165) is 34.9 Å². The summed E-state index contributed by atoms with van der Waals surface area (Å²) < 4.78 is 5.74. The SMILES string of the molecule is CCN1C(=C2SC(=S)N(c3ccc(OC)cc3)C2=O)C=Cc2ccccc21. The van der Waals surface area contributed by atoms with Crippen molar-refractivity contribution >= 4 is 51.7 Å². The van der Waals surface area contributed by atoms with Gasteiger partial charge in [-0.05, 0) is 48.9 Å². The van der Waals surface area contributed by atoms with Crippen LogP contribution in [0, 0.1) is 0 Å². The number of hydrogen-bond acceptors (Lipinski definition) is 5. The van der Waals surface area contributed by atoms with Gasteiger partial charge in [0.2, 0.25) is 0 Å². The summed E-state index contributed by atoms with van der Waals surface area (Å²) in [5, 5.41) is 0. The first-order valence-corrected chi connectivity index (χ1v) is 9.85. The molecular weight excluding hydrogens is 376 g/mol. The zero-order chi connectivity index (χ0) is 19.0. The maximum atomic E-state index is 13.2. The van der Waals surface area contributed by atoms with Crippen LogP contribution in [0.3, 0.4) is 0 Å². The van der Waals surface area contributed by atoms with Crippen molar-refractivity contribution < 1.29 is 9.53 Å². The number of hydrogen-bond donors (Lipinski definition) is 0. The number of nitrogens with zero attached hydrogens (tertiary/aromatic N) is 2. The number of para-hydroxylation sites is 1. The number of benzene rings is 2. The number of ether oxygens (including phenoxy) is 1. The molecule has 2 aliphatic heterocycles. The first kappa shape index (κ1) is 17.8. The minimum Gasteiger partial charge on any atom is -0.497 e. The summed E-state index contributed by atoms with van der Waals surface area (Å²) in [5.41, 5.74) is 3.89. The molecule has 27 heavy (non-hydrogen) atoms. The Labute approximate surface area is 168 Å². The van der Waals surface area contributed by atoms with Crippen molar-refractivity contribution in [2.75, 3.05) is 23.5 Å². The van der Waals surface area contributed by atoms with Crippen LogP contribution >= 0.6 is 24.0 Å². The number of methoxy groups -OCH3 is 1. The lowest BCUT2D eigenvalue weighted by Gasteiger charge is -2.30. The summed E-state index contributed by atoms with van der Waals surface area (Å²) in [6.45, 7) is 2.85. The van der Waals surface area contributed by atoms with E-state index in [4.69, 9.17) is 17.0 Å². The van der Waals surface area contributed by atoms with Gasteiger partial charge in [0, 0.05) is 12.2 Å². The van der Waals surface area contributed by atoms with Gasteiger partial charge in [0.05, 0.1) is 18.5 Å². The second kappa shape index (κ2) is 7.21. The summed E-state index contributed by atoms with van der Waals surface area (Å²) >= 11 is 6.87. The van der Waals surface area contributed by atoms with Crippen LogP contribution in [-0.4, -0.2) is 23.9 Å². The number of carbonyl (C=O) groups excluding carboxylic acids is 1. The zero-order valence-corrected chi connectivity index (χ0v) is 16.6.